The first-order valence-corrected chi connectivity index (χ1v) is 8.90. The molecule has 19 heavy (non-hydrogen) atoms. The first-order valence-electron chi connectivity index (χ1n) is 7.73. The van der Waals surface area contributed by atoms with Crippen molar-refractivity contribution >= 4 is 11.2 Å². The lowest BCUT2D eigenvalue weighted by Crippen LogP contribution is -2.37. The van der Waals surface area contributed by atoms with Crippen molar-refractivity contribution in [1.82, 2.24) is 9.62 Å². The summed E-state index contributed by atoms with van der Waals surface area (Å²) in [5.41, 5.74) is 0. The van der Waals surface area contributed by atoms with Crippen molar-refractivity contribution < 1.29 is 4.21 Å². The van der Waals surface area contributed by atoms with Crippen molar-refractivity contribution in [3.8, 4) is 0 Å². The van der Waals surface area contributed by atoms with Gasteiger partial charge in [0, 0.05) is 19.6 Å². The van der Waals surface area contributed by atoms with Gasteiger partial charge in [-0.25, -0.2) is 13.7 Å². The molecule has 0 fully saturated rings. The lowest BCUT2D eigenvalue weighted by Gasteiger charge is -2.18. The van der Waals surface area contributed by atoms with E-state index in [1.807, 2.05) is 4.31 Å². The third-order valence-electron chi connectivity index (χ3n) is 3.55. The number of hydrogen-bond acceptors (Lipinski definition) is 2. The van der Waals surface area contributed by atoms with Gasteiger partial charge in [0.15, 0.2) is 11.2 Å². The fourth-order valence-electron chi connectivity index (χ4n) is 1.94. The van der Waals surface area contributed by atoms with E-state index in [4.69, 9.17) is 5.14 Å². The smallest absolute Gasteiger partial charge is 0.167 e. The molecular weight excluding hydrogens is 258 g/mol. The minimum absolute atomic E-state index is 0.774. The summed E-state index contributed by atoms with van der Waals surface area (Å²) >= 11 is -1.33. The maximum absolute atomic E-state index is 11.4. The first-order chi connectivity index (χ1) is 9.11. The number of nitrogens with zero attached hydrogens (tertiary/aromatic N) is 1. The molecule has 0 aliphatic heterocycles. The maximum atomic E-state index is 11.4. The molecule has 116 valence electrons. The van der Waals surface area contributed by atoms with Crippen LogP contribution in [0.5, 0.6) is 0 Å². The van der Waals surface area contributed by atoms with E-state index < -0.39 is 11.2 Å². The molecule has 2 unspecified atom stereocenters. The topological polar surface area (TPSA) is 58.4 Å². The van der Waals surface area contributed by atoms with Crippen LogP contribution in [0.15, 0.2) is 0 Å². The van der Waals surface area contributed by atoms with Crippen LogP contribution >= 0.6 is 0 Å². The molecule has 0 bridgehead atoms. The van der Waals surface area contributed by atoms with Gasteiger partial charge in [-0.05, 0) is 31.7 Å². The van der Waals surface area contributed by atoms with Crippen LogP contribution in [0.3, 0.4) is 0 Å². The molecule has 4 nitrogen and oxygen atoms in total. The summed E-state index contributed by atoms with van der Waals surface area (Å²) in [4.78, 5) is 0. The van der Waals surface area contributed by atoms with Crippen LogP contribution in [-0.4, -0.2) is 34.7 Å². The number of unbranched alkanes of at least 4 members (excludes halogenated alkanes) is 2. The number of hydrogen-bond donors (Lipinski definition) is 2. The molecule has 0 radical (unpaired) electrons. The van der Waals surface area contributed by atoms with Crippen molar-refractivity contribution in [2.75, 3.05) is 26.2 Å². The Morgan fingerprint density at radius 3 is 2.47 bits per heavy atom. The second-order valence-corrected chi connectivity index (χ2v) is 6.39. The van der Waals surface area contributed by atoms with E-state index in [0.717, 1.165) is 38.5 Å². The average molecular weight is 292 g/mol. The summed E-state index contributed by atoms with van der Waals surface area (Å²) in [6.07, 6.45) is 7.20. The van der Waals surface area contributed by atoms with E-state index in [0.29, 0.717) is 0 Å². The van der Waals surface area contributed by atoms with E-state index in [1.165, 1.54) is 32.1 Å². The Labute approximate surface area is 122 Å². The fraction of sp³-hybridized carbons (Fsp3) is 1.00. The third-order valence-corrected chi connectivity index (χ3v) is 4.43. The minimum atomic E-state index is -1.33. The molecule has 0 amide bonds. The summed E-state index contributed by atoms with van der Waals surface area (Å²) in [5.74, 6) is 0.823. The Kier molecular flexibility index (Phi) is 13.1. The van der Waals surface area contributed by atoms with Crippen LogP contribution < -0.4 is 10.5 Å². The zero-order valence-corrected chi connectivity index (χ0v) is 13.8. The van der Waals surface area contributed by atoms with Gasteiger partial charge in [0.1, 0.15) is 0 Å². The van der Waals surface area contributed by atoms with Crippen LogP contribution in [0.4, 0.5) is 0 Å². The number of rotatable bonds is 13. The SMILES string of the molecule is CCCCCN(CCNCCCC(C)CC)S(N)=O. The number of nitrogens with one attached hydrogen (secondary N) is 1. The Balaban J connectivity index is 3.56. The summed E-state index contributed by atoms with van der Waals surface area (Å²) in [6.45, 7) is 10.2. The van der Waals surface area contributed by atoms with Crippen molar-refractivity contribution in [2.24, 2.45) is 11.1 Å². The molecule has 0 aliphatic rings. The van der Waals surface area contributed by atoms with Gasteiger partial charge in [-0.2, -0.15) is 0 Å². The zero-order valence-electron chi connectivity index (χ0n) is 13.0. The minimum Gasteiger partial charge on any atom is -0.315 e. The highest BCUT2D eigenvalue weighted by Gasteiger charge is 2.08. The second-order valence-electron chi connectivity index (χ2n) is 5.32. The van der Waals surface area contributed by atoms with Gasteiger partial charge < -0.3 is 5.32 Å². The van der Waals surface area contributed by atoms with Gasteiger partial charge in [0.2, 0.25) is 0 Å². The van der Waals surface area contributed by atoms with E-state index >= 15 is 0 Å². The van der Waals surface area contributed by atoms with E-state index in [1.54, 1.807) is 0 Å². The van der Waals surface area contributed by atoms with Crippen molar-refractivity contribution in [1.29, 1.82) is 0 Å². The lowest BCUT2D eigenvalue weighted by molar-refractivity contribution is 0.413. The number of nitrogens with two attached hydrogens (primary N) is 1. The Morgan fingerprint density at radius 2 is 1.89 bits per heavy atom. The Morgan fingerprint density at radius 1 is 1.16 bits per heavy atom. The van der Waals surface area contributed by atoms with E-state index in [2.05, 4.69) is 26.1 Å². The van der Waals surface area contributed by atoms with E-state index in [-0.39, 0.29) is 0 Å². The predicted molar refractivity (Wildman–Crippen MR) is 85.0 cm³/mol. The largest absolute Gasteiger partial charge is 0.315 e. The van der Waals surface area contributed by atoms with Gasteiger partial charge in [-0.15, -0.1) is 0 Å². The van der Waals surface area contributed by atoms with Gasteiger partial charge in [-0.1, -0.05) is 40.0 Å². The highest BCUT2D eigenvalue weighted by Crippen LogP contribution is 2.07. The zero-order chi connectivity index (χ0) is 14.5. The molecule has 0 spiro atoms. The first kappa shape index (κ1) is 19.0. The molecule has 0 aromatic heterocycles. The van der Waals surface area contributed by atoms with Crippen LogP contribution in [0, 0.1) is 5.92 Å². The van der Waals surface area contributed by atoms with Crippen LogP contribution in [0.25, 0.3) is 0 Å². The van der Waals surface area contributed by atoms with Gasteiger partial charge in [0.25, 0.3) is 0 Å². The maximum Gasteiger partial charge on any atom is 0.167 e. The average Bonchev–Trinajstić information content (AvgIpc) is 2.39. The standard InChI is InChI=1S/C14H33N3OS/c1-4-6-7-12-17(19(15)18)13-11-16-10-8-9-14(3)5-2/h14,16H,4-13,15H2,1-3H3. The molecular formula is C14H33N3OS. The molecule has 0 aromatic rings. The van der Waals surface area contributed by atoms with Crippen LogP contribution in [-0.2, 0) is 11.2 Å². The van der Waals surface area contributed by atoms with Gasteiger partial charge >= 0.3 is 0 Å². The molecule has 0 heterocycles. The molecule has 0 saturated heterocycles. The third kappa shape index (κ3) is 11.5. The molecule has 0 saturated carbocycles. The van der Waals surface area contributed by atoms with Crippen molar-refractivity contribution in [3.63, 3.8) is 0 Å². The molecule has 0 rings (SSSR count). The van der Waals surface area contributed by atoms with Crippen molar-refractivity contribution in [2.45, 2.75) is 59.3 Å². The lowest BCUT2D eigenvalue weighted by atomic mass is 10.0. The monoisotopic (exact) mass is 291 g/mol. The molecule has 2 atom stereocenters. The van der Waals surface area contributed by atoms with Crippen LogP contribution in [0.1, 0.15) is 59.3 Å². The van der Waals surface area contributed by atoms with E-state index in [9.17, 15) is 4.21 Å². The molecule has 3 N–H and O–H groups in total. The van der Waals surface area contributed by atoms with Crippen LogP contribution in [0.2, 0.25) is 0 Å². The highest BCUT2D eigenvalue weighted by atomic mass is 32.2. The fourth-order valence-corrected chi connectivity index (χ4v) is 2.52. The Bertz CT molecular complexity index is 227. The normalized spacial score (nSPS) is 14.8. The molecule has 0 aromatic carbocycles. The second kappa shape index (κ2) is 13.0. The summed E-state index contributed by atoms with van der Waals surface area (Å²) in [7, 11) is 0. The predicted octanol–water partition coefficient (Wildman–Crippen LogP) is 2.43. The molecule has 0 aliphatic carbocycles. The van der Waals surface area contributed by atoms with Gasteiger partial charge in [-0.3, -0.25) is 0 Å². The summed E-state index contributed by atoms with van der Waals surface area (Å²) in [5, 5.41) is 8.90. The quantitative estimate of drug-likeness (QED) is 0.512. The summed E-state index contributed by atoms with van der Waals surface area (Å²) in [6, 6.07) is 0. The summed E-state index contributed by atoms with van der Waals surface area (Å²) < 4.78 is 13.2. The van der Waals surface area contributed by atoms with Crippen molar-refractivity contribution in [3.05, 3.63) is 0 Å². The highest BCUT2D eigenvalue weighted by molar-refractivity contribution is 7.80. The van der Waals surface area contributed by atoms with Gasteiger partial charge in [0.05, 0.1) is 0 Å². The Hall–Kier alpha value is 0.0300. The molecule has 5 heteroatoms.